The van der Waals surface area contributed by atoms with E-state index in [2.05, 4.69) is 24.1 Å². The van der Waals surface area contributed by atoms with E-state index in [9.17, 15) is 9.59 Å². The molecule has 0 saturated carbocycles. The molecule has 0 unspecified atom stereocenters. The first kappa shape index (κ1) is 17.0. The fourth-order valence-electron chi connectivity index (χ4n) is 3.76. The van der Waals surface area contributed by atoms with Crippen LogP contribution in [0.1, 0.15) is 32.3 Å². The van der Waals surface area contributed by atoms with E-state index in [1.807, 2.05) is 24.3 Å². The van der Waals surface area contributed by atoms with Crippen LogP contribution in [0.25, 0.3) is 0 Å². The topological polar surface area (TPSA) is 52.7 Å². The molecule has 0 spiro atoms. The fraction of sp³-hybridized carbons (Fsp3) is 0.579. The third kappa shape index (κ3) is 3.78. The van der Waals surface area contributed by atoms with Gasteiger partial charge in [0.15, 0.2) is 0 Å². The Labute approximate surface area is 144 Å². The highest BCUT2D eigenvalue weighted by atomic mass is 16.2. The van der Waals surface area contributed by atoms with Gasteiger partial charge in [-0.05, 0) is 36.9 Å². The highest BCUT2D eigenvalue weighted by Crippen LogP contribution is 2.27. The molecule has 0 aromatic heterocycles. The summed E-state index contributed by atoms with van der Waals surface area (Å²) in [5.41, 5.74) is 1.88. The zero-order chi connectivity index (χ0) is 17.1. The molecule has 2 aliphatic heterocycles. The van der Waals surface area contributed by atoms with Crippen molar-refractivity contribution in [1.29, 1.82) is 0 Å². The fourth-order valence-corrected chi connectivity index (χ4v) is 3.76. The molecule has 2 aliphatic rings. The molecular weight excluding hydrogens is 302 g/mol. The maximum atomic E-state index is 12.3. The molecule has 0 radical (unpaired) electrons. The Balaban J connectivity index is 1.52. The van der Waals surface area contributed by atoms with E-state index < -0.39 is 0 Å². The van der Waals surface area contributed by atoms with E-state index >= 15 is 0 Å². The zero-order valence-electron chi connectivity index (χ0n) is 14.6. The van der Waals surface area contributed by atoms with Gasteiger partial charge in [-0.2, -0.15) is 0 Å². The third-order valence-corrected chi connectivity index (χ3v) is 4.86. The quantitative estimate of drug-likeness (QED) is 0.866. The molecule has 3 rings (SSSR count). The summed E-state index contributed by atoms with van der Waals surface area (Å²) < 4.78 is 0. The molecule has 1 aromatic rings. The summed E-state index contributed by atoms with van der Waals surface area (Å²) in [7, 11) is 0. The minimum absolute atomic E-state index is 0.00801. The van der Waals surface area contributed by atoms with E-state index in [1.54, 1.807) is 4.90 Å². The van der Waals surface area contributed by atoms with Gasteiger partial charge in [0.25, 0.3) is 0 Å². The lowest BCUT2D eigenvalue weighted by atomic mass is 10.1. The Morgan fingerprint density at radius 1 is 1.33 bits per heavy atom. The van der Waals surface area contributed by atoms with Crippen LogP contribution in [0, 0.1) is 5.92 Å². The Kier molecular flexibility index (Phi) is 5.19. The molecule has 2 amide bonds. The molecule has 1 atom stereocenters. The Hall–Kier alpha value is -1.88. The maximum absolute atomic E-state index is 12.3. The van der Waals surface area contributed by atoms with Gasteiger partial charge in [0.1, 0.15) is 6.54 Å². The Bertz CT molecular complexity index is 614. The summed E-state index contributed by atoms with van der Waals surface area (Å²) in [6.45, 7) is 7.45. The van der Waals surface area contributed by atoms with Crippen LogP contribution >= 0.6 is 0 Å². The number of benzene rings is 1. The van der Waals surface area contributed by atoms with Gasteiger partial charge in [-0.15, -0.1) is 0 Å². The average Bonchev–Trinajstić information content (AvgIpc) is 3.09. The van der Waals surface area contributed by atoms with E-state index in [-0.39, 0.29) is 18.4 Å². The molecule has 1 N–H and O–H groups in total. The molecule has 5 nitrogen and oxygen atoms in total. The third-order valence-electron chi connectivity index (χ3n) is 4.86. The van der Waals surface area contributed by atoms with Crippen molar-refractivity contribution in [1.82, 2.24) is 10.2 Å². The number of anilines is 1. The minimum Gasteiger partial charge on any atom is -0.353 e. The highest BCUT2D eigenvalue weighted by Gasteiger charge is 2.29. The lowest BCUT2D eigenvalue weighted by Gasteiger charge is -2.26. The SMILES string of the molecule is CC(C)CN1CCC[C@@H]1CNC(=O)CN1C(=O)Cc2ccccc21. The second kappa shape index (κ2) is 7.34. The number of hydrogen-bond donors (Lipinski definition) is 1. The van der Waals surface area contributed by atoms with Gasteiger partial charge in [-0.1, -0.05) is 32.0 Å². The lowest BCUT2D eigenvalue weighted by molar-refractivity contribution is -0.123. The van der Waals surface area contributed by atoms with Crippen molar-refractivity contribution < 1.29 is 9.59 Å². The molecule has 1 aromatic carbocycles. The van der Waals surface area contributed by atoms with Crippen LogP contribution in [0.4, 0.5) is 5.69 Å². The van der Waals surface area contributed by atoms with Crippen molar-refractivity contribution in [3.8, 4) is 0 Å². The number of likely N-dealkylation sites (tertiary alicyclic amines) is 1. The van der Waals surface area contributed by atoms with Crippen LogP contribution in [0.5, 0.6) is 0 Å². The number of para-hydroxylation sites is 1. The molecule has 130 valence electrons. The predicted molar refractivity (Wildman–Crippen MR) is 94.9 cm³/mol. The normalized spacial score (nSPS) is 20.7. The van der Waals surface area contributed by atoms with E-state index in [4.69, 9.17) is 0 Å². The highest BCUT2D eigenvalue weighted by molar-refractivity contribution is 6.04. The van der Waals surface area contributed by atoms with Crippen LogP contribution in [-0.2, 0) is 16.0 Å². The van der Waals surface area contributed by atoms with Crippen molar-refractivity contribution in [3.63, 3.8) is 0 Å². The van der Waals surface area contributed by atoms with Gasteiger partial charge < -0.3 is 10.2 Å². The second-order valence-electron chi connectivity index (χ2n) is 7.27. The smallest absolute Gasteiger partial charge is 0.240 e. The number of carbonyl (C=O) groups excluding carboxylic acids is 2. The van der Waals surface area contributed by atoms with E-state index in [0.717, 1.165) is 30.8 Å². The number of rotatable bonds is 6. The minimum atomic E-state index is -0.0727. The summed E-state index contributed by atoms with van der Waals surface area (Å²) in [5, 5.41) is 3.03. The molecule has 1 fully saturated rings. The lowest BCUT2D eigenvalue weighted by Crippen LogP contribution is -2.45. The van der Waals surface area contributed by atoms with Crippen molar-refractivity contribution in [2.24, 2.45) is 5.92 Å². The van der Waals surface area contributed by atoms with Gasteiger partial charge in [0, 0.05) is 24.8 Å². The molecule has 24 heavy (non-hydrogen) atoms. The predicted octanol–water partition coefficient (Wildman–Crippen LogP) is 1.81. The average molecular weight is 329 g/mol. The zero-order valence-corrected chi connectivity index (χ0v) is 14.6. The first-order chi connectivity index (χ1) is 11.5. The molecule has 0 aliphatic carbocycles. The van der Waals surface area contributed by atoms with Crippen molar-refractivity contribution in [2.45, 2.75) is 39.2 Å². The summed E-state index contributed by atoms with van der Waals surface area (Å²) in [6.07, 6.45) is 2.73. The number of nitrogens with zero attached hydrogens (tertiary/aromatic N) is 2. The standard InChI is InChI=1S/C19H27N3O2/c1-14(2)12-21-9-5-7-16(21)11-20-18(23)13-22-17-8-4-3-6-15(17)10-19(22)24/h3-4,6,8,14,16H,5,7,9-13H2,1-2H3,(H,20,23)/t16-/m1/s1. The molecule has 1 saturated heterocycles. The van der Waals surface area contributed by atoms with Crippen LogP contribution in [-0.4, -0.2) is 48.9 Å². The number of nitrogens with one attached hydrogen (secondary N) is 1. The van der Waals surface area contributed by atoms with Crippen molar-refractivity contribution >= 4 is 17.5 Å². The van der Waals surface area contributed by atoms with Crippen LogP contribution < -0.4 is 10.2 Å². The van der Waals surface area contributed by atoms with E-state index in [0.29, 0.717) is 24.9 Å². The number of amides is 2. The van der Waals surface area contributed by atoms with Crippen LogP contribution in [0.3, 0.4) is 0 Å². The molecular formula is C19H27N3O2. The van der Waals surface area contributed by atoms with Gasteiger partial charge in [-0.25, -0.2) is 0 Å². The van der Waals surface area contributed by atoms with Gasteiger partial charge >= 0.3 is 0 Å². The number of hydrogen-bond acceptors (Lipinski definition) is 3. The summed E-state index contributed by atoms with van der Waals surface area (Å²) >= 11 is 0. The van der Waals surface area contributed by atoms with Gasteiger partial charge in [0.05, 0.1) is 6.42 Å². The van der Waals surface area contributed by atoms with E-state index in [1.165, 1.54) is 6.42 Å². The van der Waals surface area contributed by atoms with Crippen molar-refractivity contribution in [2.75, 3.05) is 31.1 Å². The summed E-state index contributed by atoms with van der Waals surface area (Å²) in [6, 6.07) is 8.13. The van der Waals surface area contributed by atoms with Gasteiger partial charge in [0.2, 0.25) is 11.8 Å². The van der Waals surface area contributed by atoms with Gasteiger partial charge in [-0.3, -0.25) is 14.5 Å². The Morgan fingerprint density at radius 2 is 2.12 bits per heavy atom. The monoisotopic (exact) mass is 329 g/mol. The van der Waals surface area contributed by atoms with Crippen LogP contribution in [0.2, 0.25) is 0 Å². The molecule has 0 bridgehead atoms. The number of fused-ring (bicyclic) bond motifs is 1. The second-order valence-corrected chi connectivity index (χ2v) is 7.27. The first-order valence-corrected chi connectivity index (χ1v) is 8.93. The Morgan fingerprint density at radius 3 is 2.92 bits per heavy atom. The maximum Gasteiger partial charge on any atom is 0.240 e. The van der Waals surface area contributed by atoms with Crippen molar-refractivity contribution in [3.05, 3.63) is 29.8 Å². The first-order valence-electron chi connectivity index (χ1n) is 8.93. The summed E-state index contributed by atoms with van der Waals surface area (Å²) in [5.74, 6) is 0.574. The van der Waals surface area contributed by atoms with Crippen LogP contribution in [0.15, 0.2) is 24.3 Å². The summed E-state index contributed by atoms with van der Waals surface area (Å²) in [4.78, 5) is 28.5. The largest absolute Gasteiger partial charge is 0.353 e. The molecule has 5 heteroatoms. The number of carbonyl (C=O) groups is 2. The molecule has 2 heterocycles.